The van der Waals surface area contributed by atoms with Crippen molar-refractivity contribution in [1.82, 2.24) is 0 Å². The van der Waals surface area contributed by atoms with Gasteiger partial charge in [0.05, 0.1) is 6.61 Å². The Bertz CT molecular complexity index is 66.9. The molecule has 2 unspecified atom stereocenters. The first kappa shape index (κ1) is 6.02. The van der Waals surface area contributed by atoms with E-state index in [-0.39, 0.29) is 0 Å². The van der Waals surface area contributed by atoms with Crippen LogP contribution in [0.5, 0.6) is 0 Å². The van der Waals surface area contributed by atoms with Crippen molar-refractivity contribution in [2.45, 2.75) is 26.1 Å². The second kappa shape index (κ2) is 2.44. The van der Waals surface area contributed by atoms with Crippen LogP contribution in [0, 0.1) is 5.92 Å². The molecule has 0 bridgehead atoms. The van der Waals surface area contributed by atoms with Gasteiger partial charge in [-0.1, -0.05) is 6.92 Å². The predicted octanol–water partition coefficient (Wildman–Crippen LogP) is 1.73. The van der Waals surface area contributed by atoms with Crippen molar-refractivity contribution >= 4 is 0 Å². The number of rotatable bonds is 0. The van der Waals surface area contributed by atoms with E-state index in [1.165, 1.54) is 0 Å². The summed E-state index contributed by atoms with van der Waals surface area (Å²) in [5, 5.41) is 0. The first-order valence-electron chi connectivity index (χ1n) is 3.04. The molecule has 48 valence electrons. The molecule has 1 nitrogen and oxygen atoms in total. The summed E-state index contributed by atoms with van der Waals surface area (Å²) in [7, 11) is 0. The van der Waals surface area contributed by atoms with Crippen LogP contribution in [0.4, 0.5) is 4.39 Å². The van der Waals surface area contributed by atoms with E-state index in [1.54, 1.807) is 0 Å². The summed E-state index contributed by atoms with van der Waals surface area (Å²) >= 11 is 0. The molecule has 0 saturated carbocycles. The van der Waals surface area contributed by atoms with Gasteiger partial charge < -0.3 is 4.74 Å². The second-order valence-corrected chi connectivity index (χ2v) is 2.41. The molecular formula is C6H11FO. The maximum atomic E-state index is 12.2. The summed E-state index contributed by atoms with van der Waals surface area (Å²) in [6.45, 7) is 2.65. The summed E-state index contributed by atoms with van der Waals surface area (Å²) in [5.74, 6) is 0.513. The lowest BCUT2D eigenvalue weighted by Crippen LogP contribution is -2.19. The molecule has 0 aromatic heterocycles. The fraction of sp³-hybridized carbons (Fsp3) is 1.00. The largest absolute Gasteiger partial charge is 0.348 e. The van der Waals surface area contributed by atoms with Crippen molar-refractivity contribution in [3.63, 3.8) is 0 Å². The van der Waals surface area contributed by atoms with E-state index in [9.17, 15) is 4.39 Å². The lowest BCUT2D eigenvalue weighted by Gasteiger charge is -2.20. The Balaban J connectivity index is 2.23. The summed E-state index contributed by atoms with van der Waals surface area (Å²) in [6.07, 6.45) is 0.610. The molecule has 1 heterocycles. The third-order valence-corrected chi connectivity index (χ3v) is 1.50. The van der Waals surface area contributed by atoms with Crippen molar-refractivity contribution in [3.05, 3.63) is 0 Å². The fourth-order valence-electron chi connectivity index (χ4n) is 0.899. The number of halogens is 1. The Morgan fingerprint density at radius 3 is 2.75 bits per heavy atom. The molecule has 1 rings (SSSR count). The monoisotopic (exact) mass is 118 g/mol. The molecule has 1 aliphatic heterocycles. The van der Waals surface area contributed by atoms with Crippen LogP contribution in [0.3, 0.4) is 0 Å². The number of ether oxygens (including phenoxy) is 1. The Kier molecular flexibility index (Phi) is 1.84. The van der Waals surface area contributed by atoms with Crippen LogP contribution in [0.15, 0.2) is 0 Å². The highest BCUT2D eigenvalue weighted by Gasteiger charge is 2.17. The molecule has 1 aliphatic rings. The lowest BCUT2D eigenvalue weighted by atomic mass is 10.0. The molecule has 8 heavy (non-hydrogen) atoms. The summed E-state index contributed by atoms with van der Waals surface area (Å²) in [5.41, 5.74) is 0. The van der Waals surface area contributed by atoms with Gasteiger partial charge in [-0.2, -0.15) is 0 Å². The van der Waals surface area contributed by atoms with E-state index in [0.29, 0.717) is 18.9 Å². The zero-order valence-electron chi connectivity index (χ0n) is 5.06. The van der Waals surface area contributed by atoms with Crippen LogP contribution in [0.25, 0.3) is 0 Å². The van der Waals surface area contributed by atoms with Gasteiger partial charge in [0.15, 0.2) is 6.36 Å². The normalized spacial score (nSPS) is 39.8. The van der Waals surface area contributed by atoms with Crippen LogP contribution < -0.4 is 0 Å². The first-order chi connectivity index (χ1) is 3.79. The van der Waals surface area contributed by atoms with Crippen LogP contribution >= 0.6 is 0 Å². The minimum atomic E-state index is -0.987. The standard InChI is InChI=1S/C6H11FO/c1-5-2-3-8-6(7)4-5/h5-6H,2-4H2,1H3. The van der Waals surface area contributed by atoms with Crippen LogP contribution in [-0.2, 0) is 4.74 Å². The summed E-state index contributed by atoms with van der Waals surface area (Å²) < 4.78 is 16.9. The SMILES string of the molecule is CC1CCOC(F)C1. The van der Waals surface area contributed by atoms with Gasteiger partial charge in [0.2, 0.25) is 0 Å². The van der Waals surface area contributed by atoms with Crippen molar-refractivity contribution in [3.8, 4) is 0 Å². The average molecular weight is 118 g/mol. The molecule has 0 spiro atoms. The van der Waals surface area contributed by atoms with Gasteiger partial charge in [0, 0.05) is 6.42 Å². The van der Waals surface area contributed by atoms with Gasteiger partial charge in [0.1, 0.15) is 0 Å². The van der Waals surface area contributed by atoms with E-state index in [0.717, 1.165) is 6.42 Å². The van der Waals surface area contributed by atoms with Crippen LogP contribution in [0.1, 0.15) is 19.8 Å². The molecule has 2 atom stereocenters. The smallest absolute Gasteiger partial charge is 0.199 e. The Morgan fingerprint density at radius 1 is 1.62 bits per heavy atom. The molecule has 0 aromatic carbocycles. The van der Waals surface area contributed by atoms with Gasteiger partial charge in [-0.3, -0.25) is 0 Å². The van der Waals surface area contributed by atoms with Gasteiger partial charge in [-0.05, 0) is 12.3 Å². The summed E-state index contributed by atoms with van der Waals surface area (Å²) in [6, 6.07) is 0. The molecule has 1 fully saturated rings. The van der Waals surface area contributed by atoms with E-state index >= 15 is 0 Å². The number of alkyl halides is 1. The van der Waals surface area contributed by atoms with Crippen molar-refractivity contribution in [2.24, 2.45) is 5.92 Å². The maximum absolute atomic E-state index is 12.2. The van der Waals surface area contributed by atoms with Gasteiger partial charge in [0.25, 0.3) is 0 Å². The van der Waals surface area contributed by atoms with Gasteiger partial charge in [-0.15, -0.1) is 0 Å². The average Bonchev–Trinajstić information content (AvgIpc) is 1.64. The van der Waals surface area contributed by atoms with Crippen molar-refractivity contribution in [1.29, 1.82) is 0 Å². The molecule has 2 heteroatoms. The Hall–Kier alpha value is -0.110. The van der Waals surface area contributed by atoms with Crippen LogP contribution in [-0.4, -0.2) is 13.0 Å². The molecule has 0 radical (unpaired) electrons. The third-order valence-electron chi connectivity index (χ3n) is 1.50. The van der Waals surface area contributed by atoms with Gasteiger partial charge >= 0.3 is 0 Å². The predicted molar refractivity (Wildman–Crippen MR) is 29.2 cm³/mol. The summed E-state index contributed by atoms with van der Waals surface area (Å²) in [4.78, 5) is 0. The molecule has 1 saturated heterocycles. The van der Waals surface area contributed by atoms with E-state index < -0.39 is 6.36 Å². The molecule has 0 aromatic rings. The molecule has 0 amide bonds. The minimum absolute atomic E-state index is 0.513. The van der Waals surface area contributed by atoms with E-state index in [1.807, 2.05) is 0 Å². The lowest BCUT2D eigenvalue weighted by molar-refractivity contribution is -0.0835. The topological polar surface area (TPSA) is 9.23 Å². The van der Waals surface area contributed by atoms with Crippen LogP contribution in [0.2, 0.25) is 0 Å². The molecular weight excluding hydrogens is 107 g/mol. The van der Waals surface area contributed by atoms with Crippen molar-refractivity contribution in [2.75, 3.05) is 6.61 Å². The van der Waals surface area contributed by atoms with E-state index in [2.05, 4.69) is 11.7 Å². The highest BCUT2D eigenvalue weighted by atomic mass is 19.1. The Labute approximate surface area is 48.8 Å². The highest BCUT2D eigenvalue weighted by Crippen LogP contribution is 2.19. The van der Waals surface area contributed by atoms with E-state index in [4.69, 9.17) is 0 Å². The quantitative estimate of drug-likeness (QED) is 0.470. The maximum Gasteiger partial charge on any atom is 0.199 e. The molecule has 0 N–H and O–H groups in total. The molecule has 0 aliphatic carbocycles. The fourth-order valence-corrected chi connectivity index (χ4v) is 0.899. The van der Waals surface area contributed by atoms with Crippen molar-refractivity contribution < 1.29 is 9.13 Å². The third kappa shape index (κ3) is 1.44. The number of hydrogen-bond donors (Lipinski definition) is 0. The zero-order chi connectivity index (χ0) is 5.98. The zero-order valence-corrected chi connectivity index (χ0v) is 5.06. The first-order valence-corrected chi connectivity index (χ1v) is 3.04. The second-order valence-electron chi connectivity index (χ2n) is 2.41. The Morgan fingerprint density at radius 2 is 2.38 bits per heavy atom. The minimum Gasteiger partial charge on any atom is -0.348 e. The highest BCUT2D eigenvalue weighted by molar-refractivity contribution is 4.59. The number of hydrogen-bond acceptors (Lipinski definition) is 1. The van der Waals surface area contributed by atoms with Gasteiger partial charge in [-0.25, -0.2) is 4.39 Å².